The third-order valence-corrected chi connectivity index (χ3v) is 6.32. The molecule has 0 radical (unpaired) electrons. The molecule has 0 amide bonds. The third kappa shape index (κ3) is 3.52. The SMILES string of the molecule is CCC1CCC(C2CCC(c3ccc(F)c(F)c3)CC2)CC1. The van der Waals surface area contributed by atoms with Gasteiger partial charge in [-0.1, -0.05) is 32.3 Å². The second kappa shape index (κ2) is 7.10. The highest BCUT2D eigenvalue weighted by Crippen LogP contribution is 2.44. The fraction of sp³-hybridized carbons (Fsp3) is 0.700. The maximum absolute atomic E-state index is 13.4. The van der Waals surface area contributed by atoms with Crippen LogP contribution in [0.3, 0.4) is 0 Å². The van der Waals surface area contributed by atoms with Crippen LogP contribution in [0.5, 0.6) is 0 Å². The molecule has 0 aromatic heterocycles. The normalized spacial score (nSPS) is 32.9. The molecule has 2 aliphatic rings. The predicted molar refractivity (Wildman–Crippen MR) is 86.8 cm³/mol. The molecule has 2 aliphatic carbocycles. The average molecular weight is 306 g/mol. The third-order valence-electron chi connectivity index (χ3n) is 6.32. The van der Waals surface area contributed by atoms with Crippen molar-refractivity contribution in [2.75, 3.05) is 0 Å². The summed E-state index contributed by atoms with van der Waals surface area (Å²) >= 11 is 0. The molecule has 0 unspecified atom stereocenters. The molecule has 2 fully saturated rings. The lowest BCUT2D eigenvalue weighted by Gasteiger charge is -2.38. The smallest absolute Gasteiger partial charge is 0.159 e. The molecular weight excluding hydrogens is 278 g/mol. The largest absolute Gasteiger partial charge is 0.204 e. The molecule has 0 spiro atoms. The van der Waals surface area contributed by atoms with Crippen molar-refractivity contribution in [1.29, 1.82) is 0 Å². The summed E-state index contributed by atoms with van der Waals surface area (Å²) in [5.41, 5.74) is 0.993. The first-order valence-corrected chi connectivity index (χ1v) is 9.12. The van der Waals surface area contributed by atoms with Crippen molar-refractivity contribution in [2.24, 2.45) is 17.8 Å². The number of benzene rings is 1. The monoisotopic (exact) mass is 306 g/mol. The second-order valence-corrected chi connectivity index (χ2v) is 7.47. The van der Waals surface area contributed by atoms with Crippen molar-refractivity contribution >= 4 is 0 Å². The van der Waals surface area contributed by atoms with E-state index in [1.165, 1.54) is 57.1 Å². The fourth-order valence-corrected chi connectivity index (χ4v) is 4.76. The summed E-state index contributed by atoms with van der Waals surface area (Å²) in [5.74, 6) is 1.77. The van der Waals surface area contributed by atoms with Gasteiger partial charge in [0.2, 0.25) is 0 Å². The van der Waals surface area contributed by atoms with E-state index in [0.717, 1.165) is 36.2 Å². The zero-order chi connectivity index (χ0) is 15.5. The minimum atomic E-state index is -0.731. The van der Waals surface area contributed by atoms with Crippen LogP contribution < -0.4 is 0 Å². The van der Waals surface area contributed by atoms with Crippen molar-refractivity contribution in [3.8, 4) is 0 Å². The minimum absolute atomic E-state index is 0.429. The van der Waals surface area contributed by atoms with Crippen molar-refractivity contribution in [3.05, 3.63) is 35.4 Å². The Morgan fingerprint density at radius 2 is 1.41 bits per heavy atom. The molecular formula is C20H28F2. The molecule has 0 atom stereocenters. The van der Waals surface area contributed by atoms with Gasteiger partial charge in [0.25, 0.3) is 0 Å². The first-order valence-electron chi connectivity index (χ1n) is 9.12. The van der Waals surface area contributed by atoms with Crippen LogP contribution in [0.2, 0.25) is 0 Å². The van der Waals surface area contributed by atoms with Crippen LogP contribution in [0.25, 0.3) is 0 Å². The van der Waals surface area contributed by atoms with Gasteiger partial charge in [0.15, 0.2) is 11.6 Å². The molecule has 0 bridgehead atoms. The van der Waals surface area contributed by atoms with Gasteiger partial charge in [0, 0.05) is 0 Å². The van der Waals surface area contributed by atoms with Crippen LogP contribution in [-0.2, 0) is 0 Å². The molecule has 0 saturated heterocycles. The van der Waals surface area contributed by atoms with E-state index >= 15 is 0 Å². The van der Waals surface area contributed by atoms with E-state index in [1.54, 1.807) is 6.07 Å². The van der Waals surface area contributed by atoms with Gasteiger partial charge >= 0.3 is 0 Å². The number of rotatable bonds is 3. The number of hydrogen-bond donors (Lipinski definition) is 0. The molecule has 0 N–H and O–H groups in total. The highest BCUT2D eigenvalue weighted by molar-refractivity contribution is 5.22. The molecule has 122 valence electrons. The second-order valence-electron chi connectivity index (χ2n) is 7.47. The number of halogens is 2. The van der Waals surface area contributed by atoms with Crippen LogP contribution >= 0.6 is 0 Å². The van der Waals surface area contributed by atoms with E-state index < -0.39 is 11.6 Å². The van der Waals surface area contributed by atoms with Gasteiger partial charge in [0.1, 0.15) is 0 Å². The molecule has 1 aromatic rings. The first-order chi connectivity index (χ1) is 10.7. The first kappa shape index (κ1) is 16.0. The Bertz CT molecular complexity index is 480. The Morgan fingerprint density at radius 1 is 0.818 bits per heavy atom. The quantitative estimate of drug-likeness (QED) is 0.601. The van der Waals surface area contributed by atoms with E-state index in [-0.39, 0.29) is 0 Å². The van der Waals surface area contributed by atoms with E-state index in [0.29, 0.717) is 5.92 Å². The topological polar surface area (TPSA) is 0 Å². The summed E-state index contributed by atoms with van der Waals surface area (Å²) in [6.45, 7) is 2.32. The van der Waals surface area contributed by atoms with E-state index in [9.17, 15) is 8.78 Å². The van der Waals surface area contributed by atoms with Gasteiger partial charge in [-0.05, 0) is 79.9 Å². The van der Waals surface area contributed by atoms with Crippen LogP contribution in [0, 0.1) is 29.4 Å². The van der Waals surface area contributed by atoms with Crippen molar-refractivity contribution < 1.29 is 8.78 Å². The average Bonchev–Trinajstić information content (AvgIpc) is 2.58. The molecule has 1 aromatic carbocycles. The number of hydrogen-bond acceptors (Lipinski definition) is 0. The van der Waals surface area contributed by atoms with E-state index in [1.807, 2.05) is 0 Å². The van der Waals surface area contributed by atoms with Crippen molar-refractivity contribution in [1.82, 2.24) is 0 Å². The Balaban J connectivity index is 1.53. The Kier molecular flexibility index (Phi) is 5.15. The van der Waals surface area contributed by atoms with Crippen LogP contribution in [0.15, 0.2) is 18.2 Å². The summed E-state index contributed by atoms with van der Waals surface area (Å²) in [6, 6.07) is 4.46. The lowest BCUT2D eigenvalue weighted by molar-refractivity contribution is 0.158. The van der Waals surface area contributed by atoms with Gasteiger partial charge < -0.3 is 0 Å². The summed E-state index contributed by atoms with van der Waals surface area (Å²) in [6.07, 6.45) is 11.8. The molecule has 0 nitrogen and oxygen atoms in total. The maximum atomic E-state index is 13.4. The van der Waals surface area contributed by atoms with Crippen LogP contribution in [0.4, 0.5) is 8.78 Å². The van der Waals surface area contributed by atoms with Crippen molar-refractivity contribution in [3.63, 3.8) is 0 Å². The molecule has 3 rings (SSSR count). The van der Waals surface area contributed by atoms with Gasteiger partial charge in [-0.25, -0.2) is 8.78 Å². The standard InChI is InChI=1S/C20H28F2/c1-2-14-3-5-15(6-4-14)16-7-9-17(10-8-16)18-11-12-19(21)20(22)13-18/h11-17H,2-10H2,1H3. The Morgan fingerprint density at radius 3 is 1.95 bits per heavy atom. The van der Waals surface area contributed by atoms with Gasteiger partial charge in [-0.3, -0.25) is 0 Å². The van der Waals surface area contributed by atoms with Crippen LogP contribution in [0.1, 0.15) is 76.2 Å². The Labute approximate surface area is 133 Å². The van der Waals surface area contributed by atoms with Crippen molar-refractivity contribution in [2.45, 2.75) is 70.6 Å². The molecule has 0 heterocycles. The lowest BCUT2D eigenvalue weighted by Crippen LogP contribution is -2.25. The fourth-order valence-electron chi connectivity index (χ4n) is 4.76. The summed E-state index contributed by atoms with van der Waals surface area (Å²) in [4.78, 5) is 0. The summed E-state index contributed by atoms with van der Waals surface area (Å²) in [7, 11) is 0. The van der Waals surface area contributed by atoms with Crippen LogP contribution in [-0.4, -0.2) is 0 Å². The molecule has 0 aliphatic heterocycles. The van der Waals surface area contributed by atoms with Gasteiger partial charge in [0.05, 0.1) is 0 Å². The highest BCUT2D eigenvalue weighted by Gasteiger charge is 2.31. The van der Waals surface area contributed by atoms with Gasteiger partial charge in [-0.15, -0.1) is 0 Å². The zero-order valence-electron chi connectivity index (χ0n) is 13.7. The molecule has 2 heteroatoms. The summed E-state index contributed by atoms with van der Waals surface area (Å²) < 4.78 is 26.5. The van der Waals surface area contributed by atoms with Gasteiger partial charge in [-0.2, -0.15) is 0 Å². The highest BCUT2D eigenvalue weighted by atomic mass is 19.2. The van der Waals surface area contributed by atoms with E-state index in [4.69, 9.17) is 0 Å². The minimum Gasteiger partial charge on any atom is -0.204 e. The molecule has 2 saturated carbocycles. The Hall–Kier alpha value is -0.920. The summed E-state index contributed by atoms with van der Waals surface area (Å²) in [5, 5.41) is 0. The molecule has 22 heavy (non-hydrogen) atoms. The zero-order valence-corrected chi connectivity index (χ0v) is 13.7. The predicted octanol–water partition coefficient (Wildman–Crippen LogP) is 6.46. The van der Waals surface area contributed by atoms with E-state index in [2.05, 4.69) is 6.92 Å². The lowest BCUT2D eigenvalue weighted by atomic mass is 9.68. The maximum Gasteiger partial charge on any atom is 0.159 e.